The lowest BCUT2D eigenvalue weighted by Crippen LogP contribution is -1.96. The van der Waals surface area contributed by atoms with Gasteiger partial charge in [0.05, 0.1) is 19.0 Å². The molecule has 0 aliphatic rings. The number of hydrogen-bond donors (Lipinski definition) is 0. The molecular formula is C12H12BrN3O. The van der Waals surface area contributed by atoms with Gasteiger partial charge in [-0.05, 0) is 28.1 Å². The van der Waals surface area contributed by atoms with Crippen molar-refractivity contribution in [1.29, 1.82) is 0 Å². The molecule has 2 heterocycles. The molecule has 0 aliphatic carbocycles. The third kappa shape index (κ3) is 2.79. The molecule has 4 nitrogen and oxygen atoms in total. The molecule has 0 fully saturated rings. The molecule has 0 atom stereocenters. The Labute approximate surface area is 108 Å². The van der Waals surface area contributed by atoms with E-state index in [1.807, 2.05) is 19.1 Å². The van der Waals surface area contributed by atoms with E-state index < -0.39 is 0 Å². The lowest BCUT2D eigenvalue weighted by Gasteiger charge is -2.05. The van der Waals surface area contributed by atoms with Crippen LogP contribution in [0.25, 0.3) is 11.3 Å². The maximum absolute atomic E-state index is 5.15. The Morgan fingerprint density at radius 1 is 1.24 bits per heavy atom. The minimum atomic E-state index is 0.718. The van der Waals surface area contributed by atoms with Crippen molar-refractivity contribution in [3.8, 4) is 17.0 Å². The predicted octanol–water partition coefficient (Wildman–Crippen LogP) is 2.87. The second-order valence-electron chi connectivity index (χ2n) is 3.46. The van der Waals surface area contributed by atoms with Gasteiger partial charge in [0.15, 0.2) is 0 Å². The van der Waals surface area contributed by atoms with Crippen molar-refractivity contribution in [2.45, 2.75) is 13.3 Å². The Balaban J connectivity index is 2.47. The molecule has 0 unspecified atom stereocenters. The minimum absolute atomic E-state index is 0.718. The number of nitrogens with zero attached hydrogens (tertiary/aromatic N) is 3. The van der Waals surface area contributed by atoms with Crippen molar-refractivity contribution in [2.24, 2.45) is 0 Å². The van der Waals surface area contributed by atoms with Gasteiger partial charge in [0.1, 0.15) is 16.2 Å². The number of hydrogen-bond acceptors (Lipinski definition) is 4. The highest BCUT2D eigenvalue weighted by molar-refractivity contribution is 9.10. The Bertz CT molecular complexity index is 531. The normalized spacial score (nSPS) is 10.3. The van der Waals surface area contributed by atoms with Gasteiger partial charge in [-0.3, -0.25) is 4.98 Å². The fourth-order valence-electron chi connectivity index (χ4n) is 1.44. The van der Waals surface area contributed by atoms with Crippen LogP contribution in [0.4, 0.5) is 0 Å². The van der Waals surface area contributed by atoms with Crippen molar-refractivity contribution < 1.29 is 4.74 Å². The number of rotatable bonds is 3. The molecule has 0 bridgehead atoms. The lowest BCUT2D eigenvalue weighted by atomic mass is 10.2. The number of methoxy groups -OCH3 is 1. The smallest absolute Gasteiger partial charge is 0.137 e. The van der Waals surface area contributed by atoms with Crippen LogP contribution < -0.4 is 4.74 Å². The fourth-order valence-corrected chi connectivity index (χ4v) is 1.86. The summed E-state index contributed by atoms with van der Waals surface area (Å²) in [4.78, 5) is 12.9. The van der Waals surface area contributed by atoms with Crippen molar-refractivity contribution in [2.75, 3.05) is 7.11 Å². The molecule has 0 spiro atoms. The SMILES string of the molecule is CCc1nc(Br)cc(-c2cncc(OC)c2)n1. The molecule has 0 saturated heterocycles. The average Bonchev–Trinajstić information content (AvgIpc) is 2.38. The Hall–Kier alpha value is -1.49. The Morgan fingerprint density at radius 3 is 2.76 bits per heavy atom. The summed E-state index contributed by atoms with van der Waals surface area (Å²) in [5.41, 5.74) is 1.76. The van der Waals surface area contributed by atoms with Crippen molar-refractivity contribution in [3.05, 3.63) is 35.0 Å². The van der Waals surface area contributed by atoms with Crippen molar-refractivity contribution >= 4 is 15.9 Å². The predicted molar refractivity (Wildman–Crippen MR) is 68.9 cm³/mol. The molecule has 17 heavy (non-hydrogen) atoms. The van der Waals surface area contributed by atoms with Crippen LogP contribution in [-0.2, 0) is 6.42 Å². The van der Waals surface area contributed by atoms with Gasteiger partial charge in [-0.1, -0.05) is 6.92 Å². The van der Waals surface area contributed by atoms with E-state index in [2.05, 4.69) is 30.9 Å². The van der Waals surface area contributed by atoms with E-state index in [1.165, 1.54) is 0 Å². The number of ether oxygens (including phenoxy) is 1. The maximum atomic E-state index is 5.15. The zero-order valence-corrected chi connectivity index (χ0v) is 11.2. The van der Waals surface area contributed by atoms with Crippen LogP contribution >= 0.6 is 15.9 Å². The molecule has 5 heteroatoms. The standard InChI is InChI=1S/C12H12BrN3O/c1-3-12-15-10(5-11(13)16-12)8-4-9(17-2)7-14-6-8/h4-7H,3H2,1-2H3. The molecule has 0 aromatic carbocycles. The van der Waals surface area contributed by atoms with E-state index in [0.717, 1.165) is 33.9 Å². The summed E-state index contributed by atoms with van der Waals surface area (Å²) in [7, 11) is 1.62. The zero-order chi connectivity index (χ0) is 12.3. The van der Waals surface area contributed by atoms with E-state index in [0.29, 0.717) is 0 Å². The quantitative estimate of drug-likeness (QED) is 0.817. The topological polar surface area (TPSA) is 47.9 Å². The summed E-state index contributed by atoms with van der Waals surface area (Å²) in [5.74, 6) is 1.52. The zero-order valence-electron chi connectivity index (χ0n) is 9.64. The molecule has 0 radical (unpaired) electrons. The van der Waals surface area contributed by atoms with Crippen molar-refractivity contribution in [3.63, 3.8) is 0 Å². The largest absolute Gasteiger partial charge is 0.495 e. The van der Waals surface area contributed by atoms with Crippen LogP contribution in [0.3, 0.4) is 0 Å². The van der Waals surface area contributed by atoms with Gasteiger partial charge in [-0.25, -0.2) is 9.97 Å². The van der Waals surface area contributed by atoms with E-state index >= 15 is 0 Å². The summed E-state index contributed by atoms with van der Waals surface area (Å²) in [6.45, 7) is 2.02. The monoisotopic (exact) mass is 293 g/mol. The van der Waals surface area contributed by atoms with Crippen LogP contribution in [0.2, 0.25) is 0 Å². The Morgan fingerprint density at radius 2 is 2.06 bits per heavy atom. The first kappa shape index (κ1) is 12.0. The number of aromatic nitrogens is 3. The second-order valence-corrected chi connectivity index (χ2v) is 4.27. The van der Waals surface area contributed by atoms with Crippen LogP contribution in [0, 0.1) is 0 Å². The third-order valence-corrected chi connectivity index (χ3v) is 2.71. The first-order chi connectivity index (χ1) is 8.22. The van der Waals surface area contributed by atoms with E-state index in [4.69, 9.17) is 4.74 Å². The molecule has 0 saturated carbocycles. The highest BCUT2D eigenvalue weighted by atomic mass is 79.9. The molecule has 0 amide bonds. The first-order valence-corrected chi connectivity index (χ1v) is 6.05. The van der Waals surface area contributed by atoms with Crippen LogP contribution in [-0.4, -0.2) is 22.1 Å². The van der Waals surface area contributed by atoms with Gasteiger partial charge in [0.25, 0.3) is 0 Å². The summed E-state index contributed by atoms with van der Waals surface area (Å²) < 4.78 is 5.93. The molecule has 0 N–H and O–H groups in total. The molecular weight excluding hydrogens is 282 g/mol. The van der Waals surface area contributed by atoms with Gasteiger partial charge < -0.3 is 4.74 Å². The maximum Gasteiger partial charge on any atom is 0.137 e. The summed E-state index contributed by atoms with van der Waals surface area (Å²) >= 11 is 3.38. The average molecular weight is 294 g/mol. The van der Waals surface area contributed by atoms with Gasteiger partial charge in [0, 0.05) is 18.2 Å². The van der Waals surface area contributed by atoms with Gasteiger partial charge in [0.2, 0.25) is 0 Å². The summed E-state index contributed by atoms with van der Waals surface area (Å²) in [6, 6.07) is 3.77. The van der Waals surface area contributed by atoms with Gasteiger partial charge in [-0.2, -0.15) is 0 Å². The fraction of sp³-hybridized carbons (Fsp3) is 0.250. The highest BCUT2D eigenvalue weighted by Crippen LogP contribution is 2.22. The number of aryl methyl sites for hydroxylation is 1. The van der Waals surface area contributed by atoms with Gasteiger partial charge in [-0.15, -0.1) is 0 Å². The third-order valence-electron chi connectivity index (χ3n) is 2.30. The van der Waals surface area contributed by atoms with Crippen LogP contribution in [0.15, 0.2) is 29.1 Å². The van der Waals surface area contributed by atoms with E-state index in [1.54, 1.807) is 19.5 Å². The van der Waals surface area contributed by atoms with E-state index in [-0.39, 0.29) is 0 Å². The first-order valence-electron chi connectivity index (χ1n) is 5.25. The second kappa shape index (κ2) is 5.23. The van der Waals surface area contributed by atoms with Crippen molar-refractivity contribution in [1.82, 2.24) is 15.0 Å². The molecule has 0 aliphatic heterocycles. The molecule has 88 valence electrons. The minimum Gasteiger partial charge on any atom is -0.495 e. The van der Waals surface area contributed by atoms with Gasteiger partial charge >= 0.3 is 0 Å². The van der Waals surface area contributed by atoms with Crippen LogP contribution in [0.1, 0.15) is 12.7 Å². The van der Waals surface area contributed by atoms with E-state index in [9.17, 15) is 0 Å². The summed E-state index contributed by atoms with van der Waals surface area (Å²) in [5, 5.41) is 0. The Kier molecular flexibility index (Phi) is 3.68. The summed E-state index contributed by atoms with van der Waals surface area (Å²) in [6.07, 6.45) is 4.22. The number of pyridine rings is 1. The molecule has 2 rings (SSSR count). The lowest BCUT2D eigenvalue weighted by molar-refractivity contribution is 0.413. The van der Waals surface area contributed by atoms with Crippen LogP contribution in [0.5, 0.6) is 5.75 Å². The number of halogens is 1. The molecule has 2 aromatic heterocycles. The molecule has 2 aromatic rings. The highest BCUT2D eigenvalue weighted by Gasteiger charge is 2.05.